The molecule has 6 nitrogen and oxygen atoms in total. The van der Waals surface area contributed by atoms with E-state index in [1.54, 1.807) is 23.5 Å². The molecule has 0 aromatic rings. The van der Waals surface area contributed by atoms with Crippen LogP contribution in [0.5, 0.6) is 0 Å². The maximum atomic E-state index is 12.4. The average molecular weight is 373 g/mol. The molecule has 0 radical (unpaired) electrons. The predicted octanol–water partition coefficient (Wildman–Crippen LogP) is 0.445. The fourth-order valence-corrected chi connectivity index (χ4v) is 5.53. The van der Waals surface area contributed by atoms with Crippen LogP contribution in [0.2, 0.25) is 0 Å². The number of rotatable bonds is 5. The zero-order valence-corrected chi connectivity index (χ0v) is 15.9. The summed E-state index contributed by atoms with van der Waals surface area (Å²) >= 11 is 3.56. The van der Waals surface area contributed by atoms with Gasteiger partial charge in [-0.15, -0.1) is 23.5 Å². The Bertz CT molecular complexity index is 445. The number of nitrogens with one attached hydrogen (secondary N) is 3. The minimum atomic E-state index is -0.0201. The van der Waals surface area contributed by atoms with Gasteiger partial charge in [-0.3, -0.25) is 20.2 Å². The van der Waals surface area contributed by atoms with Crippen molar-refractivity contribution >= 4 is 35.3 Å². The molecule has 0 aromatic heterocycles. The van der Waals surface area contributed by atoms with E-state index in [9.17, 15) is 9.59 Å². The van der Waals surface area contributed by atoms with Crippen LogP contribution in [0.4, 0.5) is 0 Å². The molecule has 3 N–H and O–H groups in total. The lowest BCUT2D eigenvalue weighted by molar-refractivity contribution is -0.132. The minimum absolute atomic E-state index is 0.00703. The van der Waals surface area contributed by atoms with Crippen molar-refractivity contribution in [1.82, 2.24) is 20.9 Å². The van der Waals surface area contributed by atoms with Gasteiger partial charge < -0.3 is 10.2 Å². The fraction of sp³-hybridized carbons (Fsp3) is 0.875. The van der Waals surface area contributed by atoms with Gasteiger partial charge in [0.15, 0.2) is 0 Å². The molecule has 3 rings (SSSR count). The van der Waals surface area contributed by atoms with Crippen LogP contribution in [-0.2, 0) is 9.59 Å². The summed E-state index contributed by atoms with van der Waals surface area (Å²) in [4.78, 5) is 26.4. The van der Waals surface area contributed by atoms with Gasteiger partial charge in [0.2, 0.25) is 11.8 Å². The Labute approximate surface area is 152 Å². The molecule has 1 saturated carbocycles. The Morgan fingerprint density at radius 3 is 2.25 bits per heavy atom. The van der Waals surface area contributed by atoms with Gasteiger partial charge in [-0.2, -0.15) is 0 Å². The second-order valence-corrected chi connectivity index (χ2v) is 9.05. The van der Waals surface area contributed by atoms with E-state index in [1.165, 1.54) is 0 Å². The van der Waals surface area contributed by atoms with E-state index in [0.717, 1.165) is 55.5 Å². The molecule has 1 aliphatic carbocycles. The van der Waals surface area contributed by atoms with Crippen LogP contribution in [0.25, 0.3) is 0 Å². The summed E-state index contributed by atoms with van der Waals surface area (Å²) in [6.07, 6.45) is 4.22. The topological polar surface area (TPSA) is 73.5 Å². The summed E-state index contributed by atoms with van der Waals surface area (Å²) in [6, 6.07) is 0.274. The molecule has 0 aromatic carbocycles. The number of carbonyl (C=O) groups excluding carboxylic acids is 2. The fourth-order valence-electron chi connectivity index (χ4n) is 3.65. The van der Waals surface area contributed by atoms with Crippen molar-refractivity contribution in [3.8, 4) is 0 Å². The van der Waals surface area contributed by atoms with Crippen LogP contribution in [0.3, 0.4) is 0 Å². The highest BCUT2D eigenvalue weighted by Crippen LogP contribution is 2.25. The lowest BCUT2D eigenvalue weighted by atomic mass is 9.85. The first-order valence-corrected chi connectivity index (χ1v) is 11.1. The molecule has 3 aliphatic rings. The highest BCUT2D eigenvalue weighted by atomic mass is 32.2. The highest BCUT2D eigenvalue weighted by Gasteiger charge is 2.30. The Morgan fingerprint density at radius 2 is 1.67 bits per heavy atom. The van der Waals surface area contributed by atoms with Crippen molar-refractivity contribution in [2.75, 3.05) is 36.9 Å². The standard InChI is InChI=1S/C16H28N4O2S2/c1-20(16(22)14-8-24-10-18-14)6-11-2-4-12(5-3-11)19-15(21)13-7-23-9-17-13/h11-14,17-18H,2-10H2,1H3,(H,19,21)/t11?,12?,13-,14-/m0/s1. The first-order chi connectivity index (χ1) is 11.6. The summed E-state index contributed by atoms with van der Waals surface area (Å²) in [7, 11) is 1.92. The van der Waals surface area contributed by atoms with E-state index in [1.807, 2.05) is 11.9 Å². The van der Waals surface area contributed by atoms with Gasteiger partial charge in [0.1, 0.15) is 0 Å². The highest BCUT2D eigenvalue weighted by molar-refractivity contribution is 7.99. The summed E-state index contributed by atoms with van der Waals surface area (Å²) < 4.78 is 0. The van der Waals surface area contributed by atoms with E-state index in [4.69, 9.17) is 0 Å². The Morgan fingerprint density at radius 1 is 1.04 bits per heavy atom. The first kappa shape index (κ1) is 18.4. The molecule has 8 heteroatoms. The molecular formula is C16H28N4O2S2. The molecule has 0 spiro atoms. The van der Waals surface area contributed by atoms with Gasteiger partial charge in [-0.1, -0.05) is 0 Å². The molecule has 0 unspecified atom stereocenters. The summed E-state index contributed by atoms with van der Waals surface area (Å²) in [5.41, 5.74) is 0. The van der Waals surface area contributed by atoms with Crippen LogP contribution in [0.1, 0.15) is 25.7 Å². The third kappa shape index (κ3) is 4.80. The van der Waals surface area contributed by atoms with E-state index in [2.05, 4.69) is 16.0 Å². The number of carbonyl (C=O) groups is 2. The van der Waals surface area contributed by atoms with E-state index in [-0.39, 0.29) is 23.9 Å². The van der Waals surface area contributed by atoms with Crippen molar-refractivity contribution in [3.63, 3.8) is 0 Å². The largest absolute Gasteiger partial charge is 0.352 e. The molecule has 2 heterocycles. The van der Waals surface area contributed by atoms with Crippen LogP contribution in [0, 0.1) is 5.92 Å². The molecule has 3 fully saturated rings. The van der Waals surface area contributed by atoms with Crippen LogP contribution in [0.15, 0.2) is 0 Å². The number of likely N-dealkylation sites (N-methyl/N-ethyl adjacent to an activating group) is 1. The third-order valence-corrected chi connectivity index (χ3v) is 7.03. The lowest BCUT2D eigenvalue weighted by Crippen LogP contribution is -2.48. The molecule has 2 saturated heterocycles. The van der Waals surface area contributed by atoms with Crippen molar-refractivity contribution in [3.05, 3.63) is 0 Å². The lowest BCUT2D eigenvalue weighted by Gasteiger charge is -2.32. The number of hydrogen-bond acceptors (Lipinski definition) is 6. The molecule has 2 aliphatic heterocycles. The first-order valence-electron chi connectivity index (χ1n) is 8.81. The SMILES string of the molecule is CN(CC1CCC(NC(=O)[C@@H]2CSCN2)CC1)C(=O)[C@@H]1CSCN1. The van der Waals surface area contributed by atoms with Crippen molar-refractivity contribution in [2.24, 2.45) is 5.92 Å². The van der Waals surface area contributed by atoms with E-state index < -0.39 is 0 Å². The smallest absolute Gasteiger partial charge is 0.240 e. The zero-order valence-electron chi connectivity index (χ0n) is 14.3. The molecule has 2 amide bonds. The van der Waals surface area contributed by atoms with E-state index in [0.29, 0.717) is 12.0 Å². The minimum Gasteiger partial charge on any atom is -0.352 e. The van der Waals surface area contributed by atoms with Crippen molar-refractivity contribution < 1.29 is 9.59 Å². The monoisotopic (exact) mass is 372 g/mol. The molecule has 24 heavy (non-hydrogen) atoms. The van der Waals surface area contributed by atoms with Gasteiger partial charge in [0.25, 0.3) is 0 Å². The Balaban J connectivity index is 1.37. The van der Waals surface area contributed by atoms with Gasteiger partial charge >= 0.3 is 0 Å². The number of hydrogen-bond donors (Lipinski definition) is 3. The molecule has 2 atom stereocenters. The van der Waals surface area contributed by atoms with Gasteiger partial charge in [0.05, 0.1) is 12.1 Å². The predicted molar refractivity (Wildman–Crippen MR) is 100 cm³/mol. The normalized spacial score (nSPS) is 33.4. The summed E-state index contributed by atoms with van der Waals surface area (Å²) in [6.45, 7) is 0.836. The summed E-state index contributed by atoms with van der Waals surface area (Å²) in [5, 5.41) is 9.66. The number of nitrogens with zero attached hydrogens (tertiary/aromatic N) is 1. The van der Waals surface area contributed by atoms with Crippen LogP contribution < -0.4 is 16.0 Å². The zero-order chi connectivity index (χ0) is 16.9. The quantitative estimate of drug-likeness (QED) is 0.651. The van der Waals surface area contributed by atoms with Gasteiger partial charge in [-0.25, -0.2) is 0 Å². The number of thioether (sulfide) groups is 2. The molecule has 136 valence electrons. The Hall–Kier alpha value is -0.440. The third-order valence-electron chi connectivity index (χ3n) is 5.15. The maximum absolute atomic E-state index is 12.4. The van der Waals surface area contributed by atoms with Crippen LogP contribution in [-0.4, -0.2) is 71.7 Å². The van der Waals surface area contributed by atoms with Gasteiger partial charge in [0, 0.05) is 42.9 Å². The maximum Gasteiger partial charge on any atom is 0.240 e. The van der Waals surface area contributed by atoms with E-state index >= 15 is 0 Å². The second-order valence-electron chi connectivity index (χ2n) is 6.99. The van der Waals surface area contributed by atoms with Gasteiger partial charge in [-0.05, 0) is 31.6 Å². The second kappa shape index (κ2) is 8.78. The van der Waals surface area contributed by atoms with Crippen molar-refractivity contribution in [2.45, 2.75) is 43.8 Å². The van der Waals surface area contributed by atoms with Crippen LogP contribution >= 0.6 is 23.5 Å². The van der Waals surface area contributed by atoms with Crippen molar-refractivity contribution in [1.29, 1.82) is 0 Å². The Kier molecular flexibility index (Phi) is 6.71. The summed E-state index contributed by atoms with van der Waals surface area (Å²) in [5.74, 6) is 4.45. The molecular weight excluding hydrogens is 344 g/mol. The number of amides is 2. The average Bonchev–Trinajstić information content (AvgIpc) is 3.29. The molecule has 0 bridgehead atoms.